The first-order valence-electron chi connectivity index (χ1n) is 5.56. The van der Waals surface area contributed by atoms with Crippen molar-refractivity contribution >= 4 is 11.3 Å². The molecule has 1 heterocycles. The van der Waals surface area contributed by atoms with Crippen molar-refractivity contribution in [3.63, 3.8) is 0 Å². The van der Waals surface area contributed by atoms with E-state index in [2.05, 4.69) is 10.3 Å². The fourth-order valence-corrected chi connectivity index (χ4v) is 2.73. The van der Waals surface area contributed by atoms with Crippen LogP contribution in [-0.2, 0) is 17.9 Å². The number of aromatic nitrogens is 1. The Morgan fingerprint density at radius 3 is 2.93 bits per heavy atom. The van der Waals surface area contributed by atoms with Crippen molar-refractivity contribution in [1.82, 2.24) is 10.3 Å². The van der Waals surface area contributed by atoms with E-state index in [-0.39, 0.29) is 0 Å². The molecule has 0 amide bonds. The van der Waals surface area contributed by atoms with Gasteiger partial charge in [-0.1, -0.05) is 0 Å². The SMILES string of the molecule is CCOCc1nc(C2CC2)c(CNC)s1. The second-order valence-electron chi connectivity index (χ2n) is 3.86. The van der Waals surface area contributed by atoms with Crippen LogP contribution in [0.1, 0.15) is 41.3 Å². The van der Waals surface area contributed by atoms with E-state index in [1.807, 2.05) is 14.0 Å². The smallest absolute Gasteiger partial charge is 0.119 e. The Hall–Kier alpha value is -0.450. The molecule has 1 aliphatic rings. The first-order chi connectivity index (χ1) is 7.35. The van der Waals surface area contributed by atoms with Crippen LogP contribution in [-0.4, -0.2) is 18.6 Å². The molecule has 1 aromatic rings. The molecule has 0 atom stereocenters. The molecule has 84 valence electrons. The fourth-order valence-electron chi connectivity index (χ4n) is 1.63. The summed E-state index contributed by atoms with van der Waals surface area (Å²) in [5.74, 6) is 0.736. The van der Waals surface area contributed by atoms with E-state index in [1.165, 1.54) is 23.4 Å². The predicted molar refractivity (Wildman–Crippen MR) is 62.2 cm³/mol. The van der Waals surface area contributed by atoms with Crippen LogP contribution in [0.2, 0.25) is 0 Å². The first-order valence-corrected chi connectivity index (χ1v) is 6.37. The predicted octanol–water partition coefficient (Wildman–Crippen LogP) is 2.28. The van der Waals surface area contributed by atoms with Crippen molar-refractivity contribution in [2.45, 2.75) is 38.8 Å². The quantitative estimate of drug-likeness (QED) is 0.808. The Morgan fingerprint density at radius 1 is 1.53 bits per heavy atom. The van der Waals surface area contributed by atoms with Crippen LogP contribution in [0.4, 0.5) is 0 Å². The van der Waals surface area contributed by atoms with E-state index in [0.29, 0.717) is 6.61 Å². The lowest BCUT2D eigenvalue weighted by molar-refractivity contribution is 0.134. The summed E-state index contributed by atoms with van der Waals surface area (Å²) < 4.78 is 5.39. The maximum absolute atomic E-state index is 5.39. The highest BCUT2D eigenvalue weighted by Crippen LogP contribution is 2.42. The summed E-state index contributed by atoms with van der Waals surface area (Å²) in [7, 11) is 1.98. The highest BCUT2D eigenvalue weighted by molar-refractivity contribution is 7.11. The van der Waals surface area contributed by atoms with Crippen LogP contribution in [0.25, 0.3) is 0 Å². The third kappa shape index (κ3) is 2.77. The van der Waals surface area contributed by atoms with Gasteiger partial charge in [0.1, 0.15) is 5.01 Å². The van der Waals surface area contributed by atoms with Gasteiger partial charge in [-0.15, -0.1) is 11.3 Å². The van der Waals surface area contributed by atoms with E-state index in [9.17, 15) is 0 Å². The van der Waals surface area contributed by atoms with Crippen molar-refractivity contribution in [3.8, 4) is 0 Å². The van der Waals surface area contributed by atoms with Gasteiger partial charge in [-0.3, -0.25) is 0 Å². The summed E-state index contributed by atoms with van der Waals surface area (Å²) in [4.78, 5) is 6.08. The molecule has 0 bridgehead atoms. The standard InChI is InChI=1S/C11H18N2OS/c1-3-14-7-10-13-11(8-4-5-8)9(15-10)6-12-2/h8,12H,3-7H2,1-2H3. The highest BCUT2D eigenvalue weighted by atomic mass is 32.1. The molecule has 0 aromatic carbocycles. The van der Waals surface area contributed by atoms with Gasteiger partial charge in [-0.2, -0.15) is 0 Å². The molecule has 1 aliphatic carbocycles. The van der Waals surface area contributed by atoms with E-state index in [0.717, 1.165) is 24.1 Å². The minimum atomic E-state index is 0.671. The second kappa shape index (κ2) is 5.05. The van der Waals surface area contributed by atoms with E-state index in [4.69, 9.17) is 4.74 Å². The van der Waals surface area contributed by atoms with Gasteiger partial charge in [0, 0.05) is 23.9 Å². The lowest BCUT2D eigenvalue weighted by atomic mass is 10.2. The van der Waals surface area contributed by atoms with Crippen molar-refractivity contribution in [2.75, 3.05) is 13.7 Å². The van der Waals surface area contributed by atoms with Crippen molar-refractivity contribution in [1.29, 1.82) is 0 Å². The maximum atomic E-state index is 5.39. The molecule has 1 aromatic heterocycles. The third-order valence-corrected chi connectivity index (χ3v) is 3.55. The molecule has 2 rings (SSSR count). The number of rotatable bonds is 6. The topological polar surface area (TPSA) is 34.1 Å². The van der Waals surface area contributed by atoms with Gasteiger partial charge < -0.3 is 10.1 Å². The zero-order valence-corrected chi connectivity index (χ0v) is 10.2. The van der Waals surface area contributed by atoms with Crippen LogP contribution < -0.4 is 5.32 Å². The lowest BCUT2D eigenvalue weighted by Gasteiger charge is -1.97. The third-order valence-electron chi connectivity index (χ3n) is 2.50. The van der Waals surface area contributed by atoms with Gasteiger partial charge >= 0.3 is 0 Å². The Labute approximate surface area is 94.9 Å². The molecule has 1 saturated carbocycles. The van der Waals surface area contributed by atoms with Crippen LogP contribution >= 0.6 is 11.3 Å². The molecule has 0 aliphatic heterocycles. The van der Waals surface area contributed by atoms with Gasteiger partial charge in [0.2, 0.25) is 0 Å². The summed E-state index contributed by atoms with van der Waals surface area (Å²) in [6, 6.07) is 0. The minimum Gasteiger partial charge on any atom is -0.375 e. The molecule has 3 nitrogen and oxygen atoms in total. The van der Waals surface area contributed by atoms with Gasteiger partial charge in [-0.05, 0) is 26.8 Å². The molecule has 1 N–H and O–H groups in total. The largest absolute Gasteiger partial charge is 0.375 e. The zero-order valence-electron chi connectivity index (χ0n) is 9.38. The summed E-state index contributed by atoms with van der Waals surface area (Å²) in [5, 5.41) is 4.33. The average Bonchev–Trinajstić information content (AvgIpc) is 3.00. The second-order valence-corrected chi connectivity index (χ2v) is 5.03. The number of hydrogen-bond acceptors (Lipinski definition) is 4. The Bertz CT molecular complexity index is 320. The van der Waals surface area contributed by atoms with Crippen LogP contribution in [0.3, 0.4) is 0 Å². The number of thiazole rings is 1. The van der Waals surface area contributed by atoms with Crippen LogP contribution in [0.5, 0.6) is 0 Å². The van der Waals surface area contributed by atoms with Gasteiger partial charge in [0.15, 0.2) is 0 Å². The Morgan fingerprint density at radius 2 is 2.33 bits per heavy atom. The highest BCUT2D eigenvalue weighted by Gasteiger charge is 2.29. The Kier molecular flexibility index (Phi) is 3.72. The van der Waals surface area contributed by atoms with Crippen LogP contribution in [0, 0.1) is 0 Å². The van der Waals surface area contributed by atoms with Crippen molar-refractivity contribution in [2.24, 2.45) is 0 Å². The number of hydrogen-bond donors (Lipinski definition) is 1. The van der Waals surface area contributed by atoms with Gasteiger partial charge in [0.25, 0.3) is 0 Å². The fraction of sp³-hybridized carbons (Fsp3) is 0.727. The molecule has 0 unspecified atom stereocenters. The Balaban J connectivity index is 2.08. The number of nitrogens with one attached hydrogen (secondary N) is 1. The van der Waals surface area contributed by atoms with Crippen LogP contribution in [0.15, 0.2) is 0 Å². The summed E-state index contributed by atoms with van der Waals surface area (Å²) in [6.07, 6.45) is 2.63. The zero-order chi connectivity index (χ0) is 10.7. The lowest BCUT2D eigenvalue weighted by Crippen LogP contribution is -2.05. The molecule has 15 heavy (non-hydrogen) atoms. The molecular weight excluding hydrogens is 208 g/mol. The monoisotopic (exact) mass is 226 g/mol. The first kappa shape index (κ1) is 11.0. The molecule has 1 fully saturated rings. The van der Waals surface area contributed by atoms with E-state index < -0.39 is 0 Å². The molecule has 0 saturated heterocycles. The van der Waals surface area contributed by atoms with Crippen molar-refractivity contribution < 1.29 is 4.74 Å². The summed E-state index contributed by atoms with van der Waals surface area (Å²) in [6.45, 7) is 4.39. The molecule has 0 spiro atoms. The van der Waals surface area contributed by atoms with E-state index >= 15 is 0 Å². The van der Waals surface area contributed by atoms with Gasteiger partial charge in [-0.25, -0.2) is 4.98 Å². The van der Waals surface area contributed by atoms with E-state index in [1.54, 1.807) is 11.3 Å². The summed E-state index contributed by atoms with van der Waals surface area (Å²) >= 11 is 1.79. The summed E-state index contributed by atoms with van der Waals surface area (Å²) in [5.41, 5.74) is 1.32. The maximum Gasteiger partial charge on any atom is 0.119 e. The van der Waals surface area contributed by atoms with Gasteiger partial charge in [0.05, 0.1) is 12.3 Å². The molecular formula is C11H18N2OS. The van der Waals surface area contributed by atoms with Crippen molar-refractivity contribution in [3.05, 3.63) is 15.6 Å². The number of nitrogens with zero attached hydrogens (tertiary/aromatic N) is 1. The minimum absolute atomic E-state index is 0.671. The average molecular weight is 226 g/mol. The molecule has 4 heteroatoms. The number of ether oxygens (including phenoxy) is 1. The molecule has 0 radical (unpaired) electrons. The normalized spacial score (nSPS) is 15.9.